The number of benzene rings is 9. The number of aromatic nitrogens is 2. The van der Waals surface area contributed by atoms with Crippen LogP contribution in [0.25, 0.3) is 97.6 Å². The highest BCUT2D eigenvalue weighted by Gasteiger charge is 2.30. The Bertz CT molecular complexity index is 3930. The van der Waals surface area contributed by atoms with Gasteiger partial charge in [0, 0.05) is 37.9 Å². The average molecular weight is 813 g/mol. The summed E-state index contributed by atoms with van der Waals surface area (Å²) in [6, 6.07) is 29.0. The molecule has 7 heteroatoms. The quantitative estimate of drug-likeness (QED) is 0.0907. The fraction of sp³-hybridized carbons (Fsp3) is 0.218. The lowest BCUT2D eigenvalue weighted by Gasteiger charge is -2.25. The molecule has 0 aliphatic carbocycles. The molecule has 0 unspecified atom stereocenters. The molecule has 0 aliphatic heterocycles. The number of carbonyl (C=O) groups excluding carboxylic acids is 1. The van der Waals surface area contributed by atoms with E-state index in [4.69, 9.17) is 0 Å². The van der Waals surface area contributed by atoms with Gasteiger partial charge in [-0.1, -0.05) is 116 Å². The summed E-state index contributed by atoms with van der Waals surface area (Å²) in [5, 5.41) is 10.9. The van der Waals surface area contributed by atoms with Crippen LogP contribution in [0, 0.1) is 0 Å². The van der Waals surface area contributed by atoms with Crippen LogP contribution in [0.4, 0.5) is 0 Å². The number of carbonyl (C=O) groups is 1. The van der Waals surface area contributed by atoms with Crippen molar-refractivity contribution in [3.8, 4) is 11.4 Å². The van der Waals surface area contributed by atoms with Gasteiger partial charge in [0.05, 0.1) is 11.4 Å². The molecule has 7 nitrogen and oxygen atoms in total. The molecular formula is C55H44N2O5. The van der Waals surface area contributed by atoms with Crippen molar-refractivity contribution in [2.75, 3.05) is 0 Å². The number of nitrogens with zero attached hydrogens (tertiary/aromatic N) is 2. The zero-order valence-corrected chi connectivity index (χ0v) is 36.0. The number of fused-ring (bicyclic) bond motifs is 4. The molecule has 0 saturated heterocycles. The molecule has 2 heterocycles. The van der Waals surface area contributed by atoms with Gasteiger partial charge in [-0.15, -0.1) is 0 Å². The van der Waals surface area contributed by atoms with Gasteiger partial charge < -0.3 is 0 Å². The van der Waals surface area contributed by atoms with E-state index in [1.54, 1.807) is 6.07 Å². The highest BCUT2D eigenvalue weighted by molar-refractivity contribution is 6.49. The van der Waals surface area contributed by atoms with Gasteiger partial charge in [0.1, 0.15) is 6.29 Å². The first-order chi connectivity index (χ1) is 29.7. The van der Waals surface area contributed by atoms with Crippen LogP contribution < -0.4 is 22.2 Å². The molecule has 0 fully saturated rings. The van der Waals surface area contributed by atoms with E-state index in [9.17, 15) is 4.79 Å². The summed E-state index contributed by atoms with van der Waals surface area (Å²) >= 11 is 0. The monoisotopic (exact) mass is 812 g/mol. The molecule has 11 aromatic rings. The fourth-order valence-corrected chi connectivity index (χ4v) is 10.9. The summed E-state index contributed by atoms with van der Waals surface area (Å²) in [5.41, 5.74) is 3.91. The molecule has 62 heavy (non-hydrogen) atoms. The molecule has 0 bridgehead atoms. The molecule has 0 saturated carbocycles. The Morgan fingerprint density at radius 3 is 1.08 bits per heavy atom. The van der Waals surface area contributed by atoms with E-state index >= 15 is 19.2 Å². The van der Waals surface area contributed by atoms with Crippen LogP contribution in [0.1, 0.15) is 112 Å². The number of hydrogen-bond donors (Lipinski definition) is 0. The van der Waals surface area contributed by atoms with Crippen LogP contribution >= 0.6 is 0 Å². The van der Waals surface area contributed by atoms with Crippen LogP contribution in [-0.2, 0) is 0 Å². The number of para-hydroxylation sites is 2. The van der Waals surface area contributed by atoms with E-state index in [1.165, 1.54) is 9.13 Å². The van der Waals surface area contributed by atoms with Crippen LogP contribution in [0.5, 0.6) is 0 Å². The molecule has 11 rings (SSSR count). The predicted molar refractivity (Wildman–Crippen MR) is 257 cm³/mol. The van der Waals surface area contributed by atoms with Gasteiger partial charge in [-0.2, -0.15) is 0 Å². The topological polar surface area (TPSA) is 95.2 Å². The van der Waals surface area contributed by atoms with Gasteiger partial charge in [0.15, 0.2) is 0 Å². The van der Waals surface area contributed by atoms with E-state index in [0.29, 0.717) is 49.3 Å². The smallest absolute Gasteiger partial charge is 0.266 e. The maximum Gasteiger partial charge on any atom is 0.266 e. The Balaban J connectivity index is 1.39. The van der Waals surface area contributed by atoms with E-state index in [0.717, 1.165) is 82.4 Å². The minimum Gasteiger partial charge on any atom is -0.298 e. The molecule has 0 radical (unpaired) electrons. The van der Waals surface area contributed by atoms with Crippen LogP contribution in [0.15, 0.2) is 110 Å². The minimum absolute atomic E-state index is 0.0425. The molecule has 0 amide bonds. The van der Waals surface area contributed by atoms with Crippen LogP contribution in [0.3, 0.4) is 0 Å². The summed E-state index contributed by atoms with van der Waals surface area (Å²) in [6.45, 7) is 16.6. The van der Waals surface area contributed by atoms with Crippen molar-refractivity contribution in [2.24, 2.45) is 0 Å². The Labute approximate surface area is 355 Å². The highest BCUT2D eigenvalue weighted by Crippen LogP contribution is 2.51. The van der Waals surface area contributed by atoms with Gasteiger partial charge in [-0.05, 0) is 130 Å². The normalized spacial score (nSPS) is 12.8. The van der Waals surface area contributed by atoms with E-state index in [2.05, 4.69) is 55.4 Å². The van der Waals surface area contributed by atoms with Crippen molar-refractivity contribution in [2.45, 2.75) is 79.1 Å². The summed E-state index contributed by atoms with van der Waals surface area (Å²) in [6.07, 6.45) is 0.817. The number of rotatable bonds is 7. The maximum atomic E-state index is 15.3. The highest BCUT2D eigenvalue weighted by atomic mass is 16.2. The van der Waals surface area contributed by atoms with Gasteiger partial charge in [0.25, 0.3) is 22.2 Å². The van der Waals surface area contributed by atoms with Crippen molar-refractivity contribution in [3.63, 3.8) is 0 Å². The lowest BCUT2D eigenvalue weighted by Crippen LogP contribution is -2.34. The average Bonchev–Trinajstić information content (AvgIpc) is 3.26. The lowest BCUT2D eigenvalue weighted by atomic mass is 9.80. The second kappa shape index (κ2) is 13.0. The first kappa shape index (κ1) is 38.0. The van der Waals surface area contributed by atoms with Crippen LogP contribution in [0.2, 0.25) is 0 Å². The molecular weight excluding hydrogens is 769 g/mol. The Morgan fingerprint density at radius 1 is 0.355 bits per heavy atom. The SMILES string of the molecule is CC(C)c1cccc(C(C)C)c1-n1c(=O)c2ccc3c4ccc5c(=O)n(-c6c(C(C)C)cccc6C(C)C)c(=O)c6cc7c8cc(C=O)ccc8c8cc(c1=O)c2c3c8c7c4c56. The zero-order valence-electron chi connectivity index (χ0n) is 36.0. The third-order valence-corrected chi connectivity index (χ3v) is 13.7. The third-order valence-electron chi connectivity index (χ3n) is 13.7. The fourth-order valence-electron chi connectivity index (χ4n) is 10.9. The number of aldehydes is 1. The second-order valence-electron chi connectivity index (χ2n) is 18.5. The van der Waals surface area contributed by atoms with Crippen molar-refractivity contribution in [1.82, 2.24) is 9.13 Å². The summed E-state index contributed by atoms with van der Waals surface area (Å²) < 4.78 is 2.79. The van der Waals surface area contributed by atoms with Crippen LogP contribution in [-0.4, -0.2) is 15.4 Å². The summed E-state index contributed by atoms with van der Waals surface area (Å²) in [7, 11) is 0. The largest absolute Gasteiger partial charge is 0.298 e. The first-order valence-corrected chi connectivity index (χ1v) is 21.7. The Kier molecular flexibility index (Phi) is 7.97. The van der Waals surface area contributed by atoms with Crippen molar-refractivity contribution in [1.29, 1.82) is 0 Å². The molecule has 0 spiro atoms. The standard InChI is InChI=1S/C55H44N2O5/c1-25(2)30-11-9-12-31(26(3)4)50(30)56-52(59)37-19-17-35-36-18-20-38-45-43(55(62)57(53(38)60)51-32(27(5)6)13-10-14-33(51)28(7)8)23-41-39-21-29(24-58)15-16-34(39)40-22-42(54(56)61)44(37)46(35)48(40)49(41)47(36)45/h9-28H,1-8H3. The lowest BCUT2D eigenvalue weighted by molar-refractivity contribution is 0.112. The minimum atomic E-state index is -0.397. The second-order valence-corrected chi connectivity index (χ2v) is 18.5. The molecule has 304 valence electrons. The zero-order chi connectivity index (χ0) is 43.4. The van der Waals surface area contributed by atoms with Crippen molar-refractivity contribution < 1.29 is 4.79 Å². The Hall–Kier alpha value is -6.99. The number of hydrogen-bond acceptors (Lipinski definition) is 5. The van der Waals surface area contributed by atoms with Crippen molar-refractivity contribution in [3.05, 3.63) is 160 Å². The molecule has 0 aliphatic rings. The molecule has 0 atom stereocenters. The molecule has 2 aromatic heterocycles. The third kappa shape index (κ3) is 4.74. The van der Waals surface area contributed by atoms with E-state index in [1.807, 2.05) is 84.9 Å². The van der Waals surface area contributed by atoms with Gasteiger partial charge in [-0.25, -0.2) is 9.13 Å². The van der Waals surface area contributed by atoms with E-state index in [-0.39, 0.29) is 40.3 Å². The molecule has 0 N–H and O–H groups in total. The van der Waals surface area contributed by atoms with E-state index < -0.39 is 5.56 Å². The first-order valence-electron chi connectivity index (χ1n) is 21.7. The van der Waals surface area contributed by atoms with Crippen molar-refractivity contribution >= 4 is 92.5 Å². The number of pyridine rings is 2. The summed E-state index contributed by atoms with van der Waals surface area (Å²) in [4.78, 5) is 73.1. The predicted octanol–water partition coefficient (Wildman–Crippen LogP) is 12.0. The van der Waals surface area contributed by atoms with Gasteiger partial charge in [-0.3, -0.25) is 24.0 Å². The summed E-state index contributed by atoms with van der Waals surface area (Å²) in [5.74, 6) is 0.180. The molecule has 9 aromatic carbocycles. The van der Waals surface area contributed by atoms with Gasteiger partial charge in [0.2, 0.25) is 0 Å². The van der Waals surface area contributed by atoms with Gasteiger partial charge >= 0.3 is 0 Å². The maximum absolute atomic E-state index is 15.3. The Morgan fingerprint density at radius 2 is 0.694 bits per heavy atom.